The van der Waals surface area contributed by atoms with Crippen LogP contribution in [0.3, 0.4) is 0 Å². The number of hydrogen-bond acceptors (Lipinski definition) is 23. The summed E-state index contributed by atoms with van der Waals surface area (Å²) in [6.07, 6.45) is 2.42. The van der Waals surface area contributed by atoms with E-state index < -0.39 is 45.9 Å². The van der Waals surface area contributed by atoms with Crippen LogP contribution >= 0.6 is 22.7 Å². The van der Waals surface area contributed by atoms with Crippen LogP contribution in [0.4, 0.5) is 39.6 Å². The zero-order valence-electron chi connectivity index (χ0n) is 48.9. The Morgan fingerprint density at radius 3 is 1.44 bits per heavy atom. The molecule has 0 bridgehead atoms. The Labute approximate surface area is 617 Å². The van der Waals surface area contributed by atoms with Gasteiger partial charge in [-0.25, -0.2) is 48.6 Å². The first-order chi connectivity index (χ1) is 35.7. The maximum absolute atomic E-state index is 10.6. The minimum atomic E-state index is -3.92. The van der Waals surface area contributed by atoms with Crippen LogP contribution in [0.1, 0.15) is 71.0 Å². The molecule has 8 aromatic rings. The monoisotopic (exact) mass is 1300 g/mol. The number of rotatable bonds is 8. The second kappa shape index (κ2) is 33.8. The summed E-state index contributed by atoms with van der Waals surface area (Å²) in [7, 11) is -15.7. The largest absolute Gasteiger partial charge is 1.00 e. The number of azo groups is 1. The molecule has 4 aromatic heterocycles. The van der Waals surface area contributed by atoms with E-state index in [0.717, 1.165) is 64.8 Å². The summed E-state index contributed by atoms with van der Waals surface area (Å²) in [6.45, 7) is 20.8. The fraction of sp³-hybridized carbons (Fsp3) is 0.300. The number of nitriles is 1. The number of nitrogens with zero attached hydrogens (tertiary/aromatic N) is 9. The van der Waals surface area contributed by atoms with Crippen LogP contribution in [-0.4, -0.2) is 102 Å². The van der Waals surface area contributed by atoms with Crippen LogP contribution in [0.2, 0.25) is 0 Å². The maximum atomic E-state index is 10.6. The molecule has 8 rings (SSSR count). The smallest absolute Gasteiger partial charge is 0.748 e. The van der Waals surface area contributed by atoms with E-state index in [1.54, 1.807) is 16.0 Å². The number of aromatic nitrogens is 5. The topological polar surface area (TPSA) is 349 Å². The van der Waals surface area contributed by atoms with Gasteiger partial charge in [0.2, 0.25) is 5.13 Å². The SMILES string of the molecule is CS(=O)(=O)[O-].CS(=O)(=O)[O-].CS(=O)(=O)[O-].CS(=O)(=O)[O-].Cc1cc(C)c(Nc2nc(N(c3nc4ccccc4s3)c3c(C)cc(C)cc3C)cc(C)c2N=Nc2c(C#N)c(C(C)(C)C)nn2-c2nc3ccccc3s2)c(C)c1.[K+].[K+].[Na+].[Na+]. The molecule has 82 heavy (non-hydrogen) atoms. The van der Waals surface area contributed by atoms with Crippen molar-refractivity contribution < 1.29 is 214 Å². The number of para-hydroxylation sites is 2. The summed E-state index contributed by atoms with van der Waals surface area (Å²) in [6, 6.07) is 29.3. The minimum absolute atomic E-state index is 0. The Kier molecular flexibility index (Phi) is 33.3. The van der Waals surface area contributed by atoms with Crippen molar-refractivity contribution in [1.29, 1.82) is 5.26 Å². The summed E-state index contributed by atoms with van der Waals surface area (Å²) >= 11 is 3.12. The van der Waals surface area contributed by atoms with Gasteiger partial charge in [0.25, 0.3) is 0 Å². The van der Waals surface area contributed by atoms with E-state index in [1.165, 1.54) is 22.5 Å². The number of aryl methyl sites for hydroxylation is 7. The Morgan fingerprint density at radius 2 is 1.02 bits per heavy atom. The second-order valence-corrected chi connectivity index (χ2v) is 26.4. The molecule has 0 spiro atoms. The van der Waals surface area contributed by atoms with Gasteiger partial charge < -0.3 is 23.5 Å². The summed E-state index contributed by atoms with van der Waals surface area (Å²) < 4.78 is 113. The van der Waals surface area contributed by atoms with Gasteiger partial charge in [0.1, 0.15) is 23.1 Å². The van der Waals surface area contributed by atoms with E-state index in [2.05, 4.69) is 88.2 Å². The van der Waals surface area contributed by atoms with Gasteiger partial charge in [-0.1, -0.05) is 103 Å². The molecule has 0 amide bonds. The van der Waals surface area contributed by atoms with Crippen LogP contribution in [0.5, 0.6) is 0 Å². The van der Waals surface area contributed by atoms with Gasteiger partial charge in [-0.05, 0) is 107 Å². The van der Waals surface area contributed by atoms with Crippen molar-refractivity contribution in [3.63, 3.8) is 0 Å². The molecule has 0 fully saturated rings. The van der Waals surface area contributed by atoms with Crippen molar-refractivity contribution in [3.8, 4) is 11.2 Å². The first-order valence-corrected chi connectivity index (χ1v) is 31.6. The molecule has 0 radical (unpaired) electrons. The van der Waals surface area contributed by atoms with Crippen LogP contribution < -0.4 is 172 Å². The molecule has 1 N–H and O–H groups in total. The quantitative estimate of drug-likeness (QED) is 0.0987. The molecule has 0 aliphatic carbocycles. The molecule has 0 unspecified atom stereocenters. The van der Waals surface area contributed by atoms with Gasteiger partial charge in [0, 0.05) is 36.1 Å². The summed E-state index contributed by atoms with van der Waals surface area (Å²) in [5.74, 6) is 1.51. The zero-order chi connectivity index (χ0) is 59.0. The van der Waals surface area contributed by atoms with Gasteiger partial charge in [-0.2, -0.15) is 15.0 Å². The van der Waals surface area contributed by atoms with Crippen LogP contribution in [0.15, 0.2) is 89.1 Å². The van der Waals surface area contributed by atoms with E-state index in [-0.39, 0.29) is 162 Å². The summed E-state index contributed by atoms with van der Waals surface area (Å²) in [5.41, 5.74) is 12.4. The Bertz CT molecular complexity index is 3810. The zero-order valence-corrected chi connectivity index (χ0v) is 64.0. The van der Waals surface area contributed by atoms with E-state index in [9.17, 15) is 5.26 Å². The number of pyridine rings is 1. The average molecular weight is 1310 g/mol. The number of benzene rings is 4. The molecule has 418 valence electrons. The molecule has 4 heterocycles. The van der Waals surface area contributed by atoms with E-state index in [0.29, 0.717) is 64.6 Å². The van der Waals surface area contributed by atoms with Crippen molar-refractivity contribution in [2.75, 3.05) is 35.2 Å². The molecule has 32 heteroatoms. The van der Waals surface area contributed by atoms with E-state index >= 15 is 0 Å². The Balaban J connectivity index is 0.00000236. The maximum Gasteiger partial charge on any atom is 1.00 e. The third-order valence-corrected chi connectivity index (χ3v) is 12.1. The van der Waals surface area contributed by atoms with Gasteiger partial charge >= 0.3 is 162 Å². The molecule has 4 aromatic carbocycles. The third-order valence-electron chi connectivity index (χ3n) is 10.0. The van der Waals surface area contributed by atoms with Crippen molar-refractivity contribution in [2.24, 2.45) is 10.2 Å². The second-order valence-electron chi connectivity index (χ2n) is 18.7. The molecular formula is C50H56K2N10Na2O12S6. The van der Waals surface area contributed by atoms with Gasteiger partial charge in [-0.3, -0.25) is 4.90 Å². The normalized spacial score (nSPS) is 11.2. The molecular weight excluding hydrogens is 1250 g/mol. The summed E-state index contributed by atoms with van der Waals surface area (Å²) in [4.78, 5) is 17.6. The van der Waals surface area contributed by atoms with Crippen molar-refractivity contribution >= 4 is 123 Å². The van der Waals surface area contributed by atoms with Gasteiger partial charge in [-0.15, -0.1) is 10.2 Å². The molecule has 22 nitrogen and oxygen atoms in total. The number of nitrogens with one attached hydrogen (secondary N) is 1. The number of fused-ring (bicyclic) bond motifs is 2. The number of thiazole rings is 2. The third kappa shape index (κ3) is 26.5. The van der Waals surface area contributed by atoms with Crippen molar-refractivity contribution in [3.05, 3.63) is 129 Å². The van der Waals surface area contributed by atoms with Gasteiger partial charge in [0.05, 0.1) is 72.3 Å². The number of hydrogen-bond donors (Lipinski definition) is 1. The minimum Gasteiger partial charge on any atom is -0.748 e. The van der Waals surface area contributed by atoms with Crippen LogP contribution in [0, 0.1) is 59.8 Å². The average Bonchev–Trinajstić information content (AvgIpc) is 3.98. The predicted octanol–water partition coefficient (Wildman–Crippen LogP) is -1.89. The first kappa shape index (κ1) is 80.6. The summed E-state index contributed by atoms with van der Waals surface area (Å²) in [5, 5.41) is 30.5. The van der Waals surface area contributed by atoms with Crippen LogP contribution in [-0.2, 0) is 45.9 Å². The standard InChI is InChI=1S/C46H44N10S2.4CH4O3S.2K.2Na/c1-25-19-27(3)38(28(4)20-25)51-42-39(52-53-43-32(24-47)41(46(8,9)10)54-56(43)45-49-34-16-12-14-18-36(34)58-45)29(5)23-37(50-42)55(40-30(6)21-26(2)22-31(40)7)44-48-33-15-11-13-17-35(33)57-44;4*1-5(2,3)4;;;;/h11-23H,1-10H3,(H,50,51);4*1H3,(H,2,3,4);;;;/q;;;;;4*+1/p-4. The molecule has 0 saturated heterocycles. The number of anilines is 5. The fourth-order valence-electron chi connectivity index (χ4n) is 7.57. The molecule has 0 aliphatic heterocycles. The van der Waals surface area contributed by atoms with E-state index in [1.807, 2.05) is 76.2 Å². The molecule has 0 atom stereocenters. The first-order valence-electron chi connectivity index (χ1n) is 22.7. The Hall–Kier alpha value is -1.38. The molecule has 0 aliphatic rings. The van der Waals surface area contributed by atoms with Crippen LogP contribution in [0.25, 0.3) is 25.6 Å². The van der Waals surface area contributed by atoms with Crippen molar-refractivity contribution in [2.45, 2.75) is 74.7 Å². The Morgan fingerprint density at radius 1 is 0.610 bits per heavy atom. The fourth-order valence-corrected chi connectivity index (χ4v) is 9.47. The van der Waals surface area contributed by atoms with E-state index in [4.69, 9.17) is 82.2 Å². The van der Waals surface area contributed by atoms with Gasteiger partial charge in [0.15, 0.2) is 16.8 Å². The molecule has 0 saturated carbocycles. The predicted molar refractivity (Wildman–Crippen MR) is 302 cm³/mol. The van der Waals surface area contributed by atoms with Crippen molar-refractivity contribution in [1.82, 2.24) is 24.7 Å².